The summed E-state index contributed by atoms with van der Waals surface area (Å²) in [5, 5.41) is 18.2. The Kier molecular flexibility index (Phi) is 3.99. The van der Waals surface area contributed by atoms with Gasteiger partial charge in [-0.05, 0) is 35.4 Å². The maximum Gasteiger partial charge on any atom is 0.200 e. The van der Waals surface area contributed by atoms with Gasteiger partial charge in [0.2, 0.25) is 5.78 Å². The molecule has 0 N–H and O–H groups in total. The fourth-order valence-corrected chi connectivity index (χ4v) is 4.33. The molecule has 3 aromatic carbocycles. The third-order valence-electron chi connectivity index (χ3n) is 5.69. The first kappa shape index (κ1) is 17.3. The molecule has 3 unspecified atom stereocenters. The number of ketones is 1. The predicted molar refractivity (Wildman–Crippen MR) is 107 cm³/mol. The molecule has 0 saturated heterocycles. The number of hydrogen-bond donors (Lipinski definition) is 0. The molecular weight excluding hydrogens is 362 g/mol. The summed E-state index contributed by atoms with van der Waals surface area (Å²) in [6.45, 7) is 0.371. The minimum absolute atomic E-state index is 0.0955. The largest absolute Gasteiger partial charge is 0.482 e. The van der Waals surface area contributed by atoms with Crippen molar-refractivity contribution in [1.29, 1.82) is 5.26 Å². The molecule has 0 aliphatic carbocycles. The molecular formula is C24H17N3O2. The Balaban J connectivity index is 1.73. The van der Waals surface area contributed by atoms with Crippen molar-refractivity contribution >= 4 is 5.78 Å². The number of azo groups is 1. The Hall–Kier alpha value is -3.78. The van der Waals surface area contributed by atoms with Crippen molar-refractivity contribution < 1.29 is 9.53 Å². The number of Topliss-reactive ketones (excluding diaryl/α,β-unsaturated/α-hetero) is 1. The standard InChI is InChI=1S/C24H17N3O2/c25-14-16-7-6-10-18(13-16)20-15-26-27-24(20)22(28)19-11-4-5-12-21(19)29-23(24)17-8-2-1-3-9-17/h1-13,20,23H,15H2. The Labute approximate surface area is 168 Å². The second kappa shape index (κ2) is 6.68. The van der Waals surface area contributed by atoms with Crippen molar-refractivity contribution in [3.05, 3.63) is 101 Å². The molecule has 2 aliphatic heterocycles. The van der Waals surface area contributed by atoms with Crippen molar-refractivity contribution in [1.82, 2.24) is 0 Å². The lowest BCUT2D eigenvalue weighted by atomic mass is 9.69. The van der Waals surface area contributed by atoms with E-state index in [9.17, 15) is 10.1 Å². The number of hydrogen-bond acceptors (Lipinski definition) is 5. The zero-order valence-corrected chi connectivity index (χ0v) is 15.5. The highest BCUT2D eigenvalue weighted by Crippen LogP contribution is 2.52. The third-order valence-corrected chi connectivity index (χ3v) is 5.69. The highest BCUT2D eigenvalue weighted by Gasteiger charge is 2.60. The van der Waals surface area contributed by atoms with E-state index in [4.69, 9.17) is 4.74 Å². The summed E-state index contributed by atoms with van der Waals surface area (Å²) in [6.07, 6.45) is -0.604. The smallest absolute Gasteiger partial charge is 0.200 e. The van der Waals surface area contributed by atoms with Gasteiger partial charge in [-0.2, -0.15) is 15.5 Å². The second-order valence-corrected chi connectivity index (χ2v) is 7.27. The molecule has 140 valence electrons. The van der Waals surface area contributed by atoms with Gasteiger partial charge >= 0.3 is 0 Å². The van der Waals surface area contributed by atoms with E-state index in [-0.39, 0.29) is 11.7 Å². The van der Waals surface area contributed by atoms with E-state index >= 15 is 0 Å². The van der Waals surface area contributed by atoms with Gasteiger partial charge in [-0.1, -0.05) is 54.6 Å². The number of ether oxygens (including phenoxy) is 1. The third kappa shape index (κ3) is 2.57. The van der Waals surface area contributed by atoms with Crippen LogP contribution in [0.2, 0.25) is 0 Å². The summed E-state index contributed by atoms with van der Waals surface area (Å²) in [6, 6.07) is 26.5. The van der Waals surface area contributed by atoms with Gasteiger partial charge in [0.05, 0.1) is 23.7 Å². The Bertz CT molecular complexity index is 1170. The molecule has 3 atom stereocenters. The summed E-state index contributed by atoms with van der Waals surface area (Å²) >= 11 is 0. The van der Waals surface area contributed by atoms with E-state index in [1.807, 2.05) is 66.7 Å². The lowest BCUT2D eigenvalue weighted by Gasteiger charge is -2.41. The van der Waals surface area contributed by atoms with Crippen molar-refractivity contribution in [2.45, 2.75) is 17.6 Å². The van der Waals surface area contributed by atoms with Crippen molar-refractivity contribution in [2.75, 3.05) is 6.54 Å². The number of benzene rings is 3. The minimum Gasteiger partial charge on any atom is -0.482 e. The van der Waals surface area contributed by atoms with Crippen LogP contribution in [0.4, 0.5) is 0 Å². The molecule has 5 rings (SSSR count). The normalized spacial score (nSPS) is 24.7. The van der Waals surface area contributed by atoms with Gasteiger partial charge in [-0.25, -0.2) is 0 Å². The first-order valence-corrected chi connectivity index (χ1v) is 9.48. The van der Waals surface area contributed by atoms with Crippen LogP contribution in [0, 0.1) is 11.3 Å². The van der Waals surface area contributed by atoms with E-state index < -0.39 is 11.6 Å². The highest BCUT2D eigenvalue weighted by molar-refractivity contribution is 6.08. The second-order valence-electron chi connectivity index (χ2n) is 7.27. The fraction of sp³-hybridized carbons (Fsp3) is 0.167. The molecule has 5 heteroatoms. The molecule has 5 nitrogen and oxygen atoms in total. The van der Waals surface area contributed by atoms with Crippen LogP contribution < -0.4 is 4.74 Å². The van der Waals surface area contributed by atoms with Gasteiger partial charge in [0.1, 0.15) is 5.75 Å². The molecule has 3 aromatic rings. The van der Waals surface area contributed by atoms with Crippen LogP contribution in [0.5, 0.6) is 5.75 Å². The van der Waals surface area contributed by atoms with E-state index in [1.165, 1.54) is 0 Å². The van der Waals surface area contributed by atoms with Gasteiger partial charge in [0.15, 0.2) is 11.6 Å². The van der Waals surface area contributed by atoms with Crippen LogP contribution in [-0.4, -0.2) is 17.9 Å². The first-order valence-electron chi connectivity index (χ1n) is 9.48. The quantitative estimate of drug-likeness (QED) is 0.638. The first-order chi connectivity index (χ1) is 14.2. The topological polar surface area (TPSA) is 74.8 Å². The molecule has 1 spiro atoms. The van der Waals surface area contributed by atoms with Crippen molar-refractivity contribution in [2.24, 2.45) is 10.2 Å². The molecule has 0 radical (unpaired) electrons. The summed E-state index contributed by atoms with van der Waals surface area (Å²) in [5.41, 5.74) is 1.60. The zero-order chi connectivity index (χ0) is 19.8. The maximum absolute atomic E-state index is 13.9. The highest BCUT2D eigenvalue weighted by atomic mass is 16.5. The van der Waals surface area contributed by atoms with Crippen molar-refractivity contribution in [3.8, 4) is 11.8 Å². The number of rotatable bonds is 2. The monoisotopic (exact) mass is 379 g/mol. The summed E-state index contributed by atoms with van der Waals surface area (Å²) < 4.78 is 6.39. The molecule has 0 saturated carbocycles. The van der Waals surface area contributed by atoms with E-state index in [0.717, 1.165) is 11.1 Å². The van der Waals surface area contributed by atoms with E-state index in [0.29, 0.717) is 23.4 Å². The maximum atomic E-state index is 13.9. The van der Waals surface area contributed by atoms with Gasteiger partial charge in [0.25, 0.3) is 0 Å². The van der Waals surface area contributed by atoms with E-state index in [1.54, 1.807) is 12.1 Å². The zero-order valence-electron chi connectivity index (χ0n) is 15.5. The molecule has 0 bridgehead atoms. The van der Waals surface area contributed by atoms with Crippen LogP contribution in [0.15, 0.2) is 89.1 Å². The number of nitrogens with zero attached hydrogens (tertiary/aromatic N) is 3. The lowest BCUT2D eigenvalue weighted by molar-refractivity contribution is 0.0521. The number of fused-ring (bicyclic) bond motifs is 1. The Morgan fingerprint density at radius 1 is 0.966 bits per heavy atom. The van der Waals surface area contributed by atoms with Crippen molar-refractivity contribution in [3.63, 3.8) is 0 Å². The molecule has 2 heterocycles. The average molecular weight is 379 g/mol. The molecule has 0 fully saturated rings. The summed E-state index contributed by atoms with van der Waals surface area (Å²) in [7, 11) is 0. The molecule has 2 aliphatic rings. The van der Waals surface area contributed by atoms with Crippen LogP contribution in [0.3, 0.4) is 0 Å². The predicted octanol–water partition coefficient (Wildman–Crippen LogP) is 4.86. The van der Waals surface area contributed by atoms with Crippen LogP contribution in [-0.2, 0) is 0 Å². The van der Waals surface area contributed by atoms with Gasteiger partial charge < -0.3 is 4.74 Å². The van der Waals surface area contributed by atoms with Crippen LogP contribution in [0.1, 0.15) is 39.1 Å². The van der Waals surface area contributed by atoms with Gasteiger partial charge in [-0.3, -0.25) is 4.79 Å². The summed E-state index contributed by atoms with van der Waals surface area (Å²) in [5.74, 6) is 0.146. The number of carbonyl (C=O) groups excluding carboxylic acids is 1. The SMILES string of the molecule is N#Cc1cccc(C2CN=NC23C(=O)c2ccccc2OC3c2ccccc2)c1. The summed E-state index contributed by atoms with van der Waals surface area (Å²) in [4.78, 5) is 13.9. The minimum atomic E-state index is -1.20. The number of nitriles is 1. The van der Waals surface area contributed by atoms with Gasteiger partial charge in [0, 0.05) is 5.92 Å². The molecule has 0 amide bonds. The molecule has 0 aromatic heterocycles. The molecule has 29 heavy (non-hydrogen) atoms. The van der Waals surface area contributed by atoms with Crippen LogP contribution in [0.25, 0.3) is 0 Å². The Morgan fingerprint density at radius 2 is 1.72 bits per heavy atom. The van der Waals surface area contributed by atoms with Crippen LogP contribution >= 0.6 is 0 Å². The van der Waals surface area contributed by atoms with Gasteiger partial charge in [-0.15, -0.1) is 0 Å². The van der Waals surface area contributed by atoms with E-state index in [2.05, 4.69) is 16.3 Å². The average Bonchev–Trinajstić information content (AvgIpc) is 3.22. The Morgan fingerprint density at radius 3 is 2.55 bits per heavy atom. The number of carbonyl (C=O) groups is 1. The number of para-hydroxylation sites is 1. The fourth-order valence-electron chi connectivity index (χ4n) is 4.33. The lowest BCUT2D eigenvalue weighted by Crippen LogP contribution is -2.51.